The number of hydrogen-bond donors (Lipinski definition) is 2. The van der Waals surface area contributed by atoms with Crippen LogP contribution in [0.2, 0.25) is 0 Å². The third kappa shape index (κ3) is 3.83. The van der Waals surface area contributed by atoms with E-state index >= 15 is 0 Å². The van der Waals surface area contributed by atoms with Crippen LogP contribution < -0.4 is 10.1 Å². The summed E-state index contributed by atoms with van der Waals surface area (Å²) in [6.45, 7) is 2.77. The quantitative estimate of drug-likeness (QED) is 0.798. The van der Waals surface area contributed by atoms with Crippen molar-refractivity contribution in [3.05, 3.63) is 41.6 Å². The zero-order valence-electron chi connectivity index (χ0n) is 11.7. The topological polar surface area (TPSA) is 90.8 Å². The summed E-state index contributed by atoms with van der Waals surface area (Å²) >= 11 is 0. The van der Waals surface area contributed by atoms with Crippen LogP contribution in [0.15, 0.2) is 30.5 Å². The first-order chi connectivity index (χ1) is 10.2. The second-order valence-corrected chi connectivity index (χ2v) is 4.45. The van der Waals surface area contributed by atoms with Gasteiger partial charge in [-0.15, -0.1) is 0 Å². The van der Waals surface area contributed by atoms with Crippen LogP contribution in [0.4, 0.5) is 5.82 Å². The molecule has 6 nitrogen and oxygen atoms in total. The number of nitrogens with zero attached hydrogens (tertiary/aromatic N) is 2. The van der Waals surface area contributed by atoms with E-state index in [2.05, 4.69) is 22.4 Å². The summed E-state index contributed by atoms with van der Waals surface area (Å²) in [5, 5.41) is 17.7. The molecule has 0 bridgehead atoms. The van der Waals surface area contributed by atoms with E-state index in [1.165, 1.54) is 6.20 Å². The van der Waals surface area contributed by atoms with Crippen LogP contribution in [0.25, 0.3) is 0 Å². The Morgan fingerprint density at radius 2 is 2.19 bits per heavy atom. The van der Waals surface area contributed by atoms with Gasteiger partial charge in [0.1, 0.15) is 23.2 Å². The molecule has 0 radical (unpaired) electrons. The summed E-state index contributed by atoms with van der Waals surface area (Å²) in [6.07, 6.45) is 3.44. The lowest BCUT2D eigenvalue weighted by Gasteiger charge is -2.07. The van der Waals surface area contributed by atoms with E-state index in [1.54, 1.807) is 24.3 Å². The molecular formula is C15H16N4O2. The van der Waals surface area contributed by atoms with Crippen molar-refractivity contribution in [2.24, 2.45) is 0 Å². The van der Waals surface area contributed by atoms with Gasteiger partial charge in [-0.2, -0.15) is 10.4 Å². The molecule has 0 saturated heterocycles. The molecule has 0 saturated carbocycles. The highest BCUT2D eigenvalue weighted by Crippen LogP contribution is 2.15. The smallest absolute Gasteiger partial charge is 0.256 e. The molecule has 1 heterocycles. The van der Waals surface area contributed by atoms with E-state index in [9.17, 15) is 4.79 Å². The van der Waals surface area contributed by atoms with Gasteiger partial charge < -0.3 is 10.1 Å². The van der Waals surface area contributed by atoms with Crippen molar-refractivity contribution in [3.8, 4) is 11.8 Å². The normalized spacial score (nSPS) is 9.90. The first kappa shape index (κ1) is 14.6. The number of unbranched alkanes of at least 4 members (excludes halogenated alkanes) is 1. The van der Waals surface area contributed by atoms with Crippen molar-refractivity contribution < 1.29 is 9.53 Å². The Balaban J connectivity index is 1.98. The Bertz CT molecular complexity index is 640. The Labute approximate surface area is 122 Å². The highest BCUT2D eigenvalue weighted by Gasteiger charge is 2.10. The lowest BCUT2D eigenvalue weighted by atomic mass is 10.2. The lowest BCUT2D eigenvalue weighted by Crippen LogP contribution is -2.13. The van der Waals surface area contributed by atoms with Crippen molar-refractivity contribution >= 4 is 11.7 Å². The van der Waals surface area contributed by atoms with Crippen molar-refractivity contribution in [2.75, 3.05) is 11.9 Å². The van der Waals surface area contributed by atoms with Gasteiger partial charge in [0, 0.05) is 5.56 Å². The lowest BCUT2D eigenvalue weighted by molar-refractivity contribution is 0.102. The van der Waals surface area contributed by atoms with E-state index in [1.807, 2.05) is 6.07 Å². The molecule has 108 valence electrons. The zero-order chi connectivity index (χ0) is 15.1. The minimum atomic E-state index is -0.309. The minimum absolute atomic E-state index is 0.294. The van der Waals surface area contributed by atoms with Gasteiger partial charge in [-0.25, -0.2) is 0 Å². The molecule has 0 spiro atoms. The van der Waals surface area contributed by atoms with Crippen LogP contribution in [0, 0.1) is 11.3 Å². The summed E-state index contributed by atoms with van der Waals surface area (Å²) in [5.74, 6) is 0.723. The van der Waals surface area contributed by atoms with Gasteiger partial charge in [0.05, 0.1) is 12.8 Å². The minimum Gasteiger partial charge on any atom is -0.494 e. The molecule has 0 aliphatic carbocycles. The van der Waals surface area contributed by atoms with Crippen molar-refractivity contribution in [1.82, 2.24) is 10.2 Å². The monoisotopic (exact) mass is 284 g/mol. The SMILES string of the molecule is CCCCOc1ccc(C(=O)Nc2[nH]ncc2C#N)cc1. The molecule has 2 aromatic rings. The summed E-state index contributed by atoms with van der Waals surface area (Å²) in [5.41, 5.74) is 0.777. The van der Waals surface area contributed by atoms with Crippen LogP contribution in [-0.4, -0.2) is 22.7 Å². The number of rotatable bonds is 6. The molecule has 2 rings (SSSR count). The molecule has 0 aliphatic heterocycles. The molecule has 1 amide bonds. The number of hydrogen-bond acceptors (Lipinski definition) is 4. The number of carbonyl (C=O) groups excluding carboxylic acids is 1. The molecule has 1 aromatic heterocycles. The van der Waals surface area contributed by atoms with Gasteiger partial charge >= 0.3 is 0 Å². The number of nitriles is 1. The predicted octanol–water partition coefficient (Wildman–Crippen LogP) is 2.71. The Morgan fingerprint density at radius 3 is 2.86 bits per heavy atom. The average molecular weight is 284 g/mol. The molecule has 0 aliphatic rings. The van der Waals surface area contributed by atoms with Crippen molar-refractivity contribution in [2.45, 2.75) is 19.8 Å². The summed E-state index contributed by atoms with van der Waals surface area (Å²) in [4.78, 5) is 12.0. The zero-order valence-corrected chi connectivity index (χ0v) is 11.7. The van der Waals surface area contributed by atoms with E-state index in [4.69, 9.17) is 10.00 Å². The molecule has 0 fully saturated rings. The van der Waals surface area contributed by atoms with Crippen LogP contribution in [0.5, 0.6) is 5.75 Å². The maximum Gasteiger partial charge on any atom is 0.256 e. The maximum absolute atomic E-state index is 12.0. The third-order valence-corrected chi connectivity index (χ3v) is 2.88. The van der Waals surface area contributed by atoms with Crippen LogP contribution in [0.1, 0.15) is 35.7 Å². The van der Waals surface area contributed by atoms with Crippen LogP contribution in [0.3, 0.4) is 0 Å². The van der Waals surface area contributed by atoms with Crippen molar-refractivity contribution in [3.63, 3.8) is 0 Å². The fourth-order valence-corrected chi connectivity index (χ4v) is 1.69. The van der Waals surface area contributed by atoms with Crippen LogP contribution >= 0.6 is 0 Å². The van der Waals surface area contributed by atoms with Gasteiger partial charge in [0.2, 0.25) is 0 Å². The molecule has 0 unspecified atom stereocenters. The second-order valence-electron chi connectivity index (χ2n) is 4.45. The van der Waals surface area contributed by atoms with Gasteiger partial charge in [-0.1, -0.05) is 13.3 Å². The fourth-order valence-electron chi connectivity index (χ4n) is 1.69. The molecule has 1 aromatic carbocycles. The first-order valence-electron chi connectivity index (χ1n) is 6.72. The molecule has 0 atom stereocenters. The average Bonchev–Trinajstić information content (AvgIpc) is 2.95. The van der Waals surface area contributed by atoms with E-state index in [-0.39, 0.29) is 5.91 Å². The number of H-pyrrole nitrogens is 1. The number of benzene rings is 1. The largest absolute Gasteiger partial charge is 0.494 e. The summed E-state index contributed by atoms with van der Waals surface area (Å²) in [7, 11) is 0. The van der Waals surface area contributed by atoms with Crippen LogP contribution in [-0.2, 0) is 0 Å². The van der Waals surface area contributed by atoms with Gasteiger partial charge in [-0.3, -0.25) is 9.89 Å². The van der Waals surface area contributed by atoms with Crippen molar-refractivity contribution in [1.29, 1.82) is 5.26 Å². The standard InChI is InChI=1S/C15H16N4O2/c1-2-3-8-21-13-6-4-11(5-7-13)15(20)18-14-12(9-16)10-17-19-14/h4-7,10H,2-3,8H2,1H3,(H2,17,18,19,20). The number of aromatic nitrogens is 2. The number of nitrogens with one attached hydrogen (secondary N) is 2. The van der Waals surface area contributed by atoms with E-state index in [0.717, 1.165) is 18.6 Å². The number of ether oxygens (including phenoxy) is 1. The predicted molar refractivity (Wildman–Crippen MR) is 78.1 cm³/mol. The summed E-state index contributed by atoms with van der Waals surface area (Å²) < 4.78 is 5.53. The van der Waals surface area contributed by atoms with Gasteiger partial charge in [0.25, 0.3) is 5.91 Å². The maximum atomic E-state index is 12.0. The highest BCUT2D eigenvalue weighted by atomic mass is 16.5. The van der Waals surface area contributed by atoms with Gasteiger partial charge in [-0.05, 0) is 30.7 Å². The first-order valence-corrected chi connectivity index (χ1v) is 6.72. The third-order valence-electron chi connectivity index (χ3n) is 2.88. The molecule has 2 N–H and O–H groups in total. The highest BCUT2D eigenvalue weighted by molar-refractivity contribution is 6.04. The molecule has 21 heavy (non-hydrogen) atoms. The molecule has 6 heteroatoms. The number of anilines is 1. The molecular weight excluding hydrogens is 268 g/mol. The fraction of sp³-hybridized carbons (Fsp3) is 0.267. The van der Waals surface area contributed by atoms with E-state index in [0.29, 0.717) is 23.6 Å². The van der Waals surface area contributed by atoms with Gasteiger partial charge in [0.15, 0.2) is 0 Å². The number of carbonyl (C=O) groups is 1. The summed E-state index contributed by atoms with van der Waals surface area (Å²) in [6, 6.07) is 8.81. The number of amides is 1. The Hall–Kier alpha value is -2.81. The number of aromatic amines is 1. The van der Waals surface area contributed by atoms with E-state index < -0.39 is 0 Å². The Morgan fingerprint density at radius 1 is 1.43 bits per heavy atom. The Kier molecular flexibility index (Phi) is 4.94. The second kappa shape index (κ2) is 7.10.